The van der Waals surface area contributed by atoms with Gasteiger partial charge in [-0.1, -0.05) is 12.1 Å². The van der Waals surface area contributed by atoms with Gasteiger partial charge in [-0.15, -0.1) is 0 Å². The van der Waals surface area contributed by atoms with Gasteiger partial charge in [0.1, 0.15) is 17.3 Å². The Balaban J connectivity index is 1.32. The van der Waals surface area contributed by atoms with Crippen LogP contribution >= 0.6 is 11.6 Å². The van der Waals surface area contributed by atoms with Crippen molar-refractivity contribution in [3.8, 4) is 11.3 Å². The number of aryl methyl sites for hydroxylation is 1. The molecule has 1 atom stereocenters. The molecule has 1 N–H and O–H groups in total. The van der Waals surface area contributed by atoms with Crippen molar-refractivity contribution < 1.29 is 22.8 Å². The molecule has 4 aromatic heterocycles. The number of nitrogens with zero attached hydrogens (tertiary/aromatic N) is 7. The molecule has 1 aliphatic rings. The van der Waals surface area contributed by atoms with Crippen LogP contribution in [-0.2, 0) is 6.18 Å². The summed E-state index contributed by atoms with van der Waals surface area (Å²) in [7, 11) is 0. The summed E-state index contributed by atoms with van der Waals surface area (Å²) < 4.78 is 41.1. The van der Waals surface area contributed by atoms with Crippen LogP contribution in [0.1, 0.15) is 63.2 Å². The SMILES string of the molecule is Cc1nccn2c([C@@H]3CCCCN3C(=O)c3ccnc(Cl)n3)nc(-c3ccc(C(=O)Nc4cc(C(F)(F)F)ccn4)cc3)c12. The molecule has 1 aliphatic heterocycles. The minimum Gasteiger partial charge on any atom is -0.327 e. The lowest BCUT2D eigenvalue weighted by molar-refractivity contribution is -0.137. The molecule has 0 spiro atoms. The second-order valence-corrected chi connectivity index (χ2v) is 10.6. The first-order valence-electron chi connectivity index (χ1n) is 13.7. The maximum absolute atomic E-state index is 13.5. The number of piperidine rings is 1. The highest BCUT2D eigenvalue weighted by atomic mass is 35.5. The lowest BCUT2D eigenvalue weighted by Gasteiger charge is -2.34. The van der Waals surface area contributed by atoms with Crippen LogP contribution < -0.4 is 5.32 Å². The Hall–Kier alpha value is -4.91. The molecule has 1 aromatic carbocycles. The van der Waals surface area contributed by atoms with Crippen LogP contribution in [0.5, 0.6) is 0 Å². The number of anilines is 1. The summed E-state index contributed by atoms with van der Waals surface area (Å²) in [4.78, 5) is 49.4. The Morgan fingerprint density at radius 1 is 0.977 bits per heavy atom. The van der Waals surface area contributed by atoms with E-state index in [4.69, 9.17) is 16.6 Å². The molecular weight excluding hydrogens is 597 g/mol. The predicted molar refractivity (Wildman–Crippen MR) is 155 cm³/mol. The number of imidazole rings is 1. The van der Waals surface area contributed by atoms with Crippen LogP contribution in [0.25, 0.3) is 16.8 Å². The Morgan fingerprint density at radius 3 is 2.50 bits per heavy atom. The number of carbonyl (C=O) groups is 2. The number of pyridine rings is 1. The van der Waals surface area contributed by atoms with Crippen molar-refractivity contribution in [1.82, 2.24) is 34.2 Å². The van der Waals surface area contributed by atoms with E-state index in [0.29, 0.717) is 30.0 Å². The van der Waals surface area contributed by atoms with Crippen LogP contribution in [0.4, 0.5) is 19.0 Å². The molecule has 10 nitrogen and oxygen atoms in total. The van der Waals surface area contributed by atoms with Crippen LogP contribution in [0.15, 0.2) is 67.3 Å². The maximum atomic E-state index is 13.5. The Labute approximate surface area is 254 Å². The van der Waals surface area contributed by atoms with Gasteiger partial charge in [0.2, 0.25) is 5.28 Å². The van der Waals surface area contributed by atoms with Crippen LogP contribution in [0, 0.1) is 6.92 Å². The van der Waals surface area contributed by atoms with Crippen LogP contribution in [-0.4, -0.2) is 52.6 Å². The number of halogens is 4. The fourth-order valence-electron chi connectivity index (χ4n) is 5.34. The molecule has 0 saturated carbocycles. The summed E-state index contributed by atoms with van der Waals surface area (Å²) in [5.41, 5.74) is 2.27. The predicted octanol–water partition coefficient (Wildman–Crippen LogP) is 6.18. The fraction of sp³-hybridized carbons (Fsp3) is 0.233. The fourth-order valence-corrected chi connectivity index (χ4v) is 5.49. The number of nitrogens with one attached hydrogen (secondary N) is 1. The molecule has 5 aromatic rings. The standard InChI is InChI=1S/C30H24ClF3N8O2/c1-17-25-24(18-5-7-19(8-6-18)27(43)39-23-16-20(9-11-36-23)30(32,33)34)40-26(42(25)15-13-35-17)22-4-2-3-14-41(22)28(44)21-10-12-37-29(31)38-21/h5-13,15-16,22H,2-4,14H2,1H3,(H,36,39,43)/t22-/m0/s1. The first kappa shape index (κ1) is 29.2. The van der Waals surface area contributed by atoms with Gasteiger partial charge in [-0.25, -0.2) is 19.9 Å². The van der Waals surface area contributed by atoms with Gasteiger partial charge in [-0.3, -0.25) is 19.0 Å². The molecule has 44 heavy (non-hydrogen) atoms. The Morgan fingerprint density at radius 2 is 1.75 bits per heavy atom. The van der Waals surface area contributed by atoms with E-state index in [0.717, 1.165) is 42.4 Å². The van der Waals surface area contributed by atoms with E-state index in [1.54, 1.807) is 41.6 Å². The summed E-state index contributed by atoms with van der Waals surface area (Å²) in [6, 6.07) is 9.33. The third kappa shape index (κ3) is 5.70. The summed E-state index contributed by atoms with van der Waals surface area (Å²) >= 11 is 5.96. The van der Waals surface area contributed by atoms with Crippen molar-refractivity contribution in [2.24, 2.45) is 0 Å². The smallest absolute Gasteiger partial charge is 0.327 e. The molecule has 1 saturated heterocycles. The molecule has 0 bridgehead atoms. The molecule has 14 heteroatoms. The first-order chi connectivity index (χ1) is 21.1. The third-order valence-corrected chi connectivity index (χ3v) is 7.60. The normalized spacial score (nSPS) is 15.4. The maximum Gasteiger partial charge on any atom is 0.416 e. The van der Waals surface area contributed by atoms with Gasteiger partial charge in [0, 0.05) is 42.5 Å². The lowest BCUT2D eigenvalue weighted by atomic mass is 10.0. The number of hydrogen-bond donors (Lipinski definition) is 1. The quantitative estimate of drug-likeness (QED) is 0.233. The van der Waals surface area contributed by atoms with Gasteiger partial charge in [-0.05, 0) is 68.1 Å². The van der Waals surface area contributed by atoms with E-state index < -0.39 is 17.6 Å². The van der Waals surface area contributed by atoms with E-state index in [9.17, 15) is 22.8 Å². The average molecular weight is 621 g/mol. The largest absolute Gasteiger partial charge is 0.416 e. The number of hydrogen-bond acceptors (Lipinski definition) is 7. The van der Waals surface area contributed by atoms with E-state index in [1.807, 2.05) is 11.3 Å². The van der Waals surface area contributed by atoms with Crippen molar-refractivity contribution in [3.63, 3.8) is 0 Å². The van der Waals surface area contributed by atoms with Gasteiger partial charge in [-0.2, -0.15) is 13.2 Å². The molecule has 0 unspecified atom stereocenters. The van der Waals surface area contributed by atoms with Crippen molar-refractivity contribution in [2.75, 3.05) is 11.9 Å². The molecule has 224 valence electrons. The van der Waals surface area contributed by atoms with Gasteiger partial charge in [0.05, 0.1) is 28.5 Å². The third-order valence-electron chi connectivity index (χ3n) is 7.42. The number of benzene rings is 1. The topological polar surface area (TPSA) is 118 Å². The van der Waals surface area contributed by atoms with E-state index in [-0.39, 0.29) is 34.3 Å². The number of fused-ring (bicyclic) bond motifs is 1. The number of alkyl halides is 3. The Bertz CT molecular complexity index is 1880. The number of likely N-dealkylation sites (tertiary alicyclic amines) is 1. The molecule has 5 heterocycles. The number of rotatable bonds is 5. The molecule has 0 aliphatic carbocycles. The van der Waals surface area contributed by atoms with Crippen molar-refractivity contribution in [1.29, 1.82) is 0 Å². The zero-order valence-corrected chi connectivity index (χ0v) is 24.0. The highest BCUT2D eigenvalue weighted by Crippen LogP contribution is 2.36. The first-order valence-corrected chi connectivity index (χ1v) is 14.1. The van der Waals surface area contributed by atoms with Gasteiger partial charge in [0.15, 0.2) is 0 Å². The van der Waals surface area contributed by atoms with Crippen molar-refractivity contribution in [2.45, 2.75) is 38.4 Å². The zero-order chi connectivity index (χ0) is 31.0. The summed E-state index contributed by atoms with van der Waals surface area (Å²) in [5.74, 6) is -0.436. The second-order valence-electron chi connectivity index (χ2n) is 10.2. The average Bonchev–Trinajstić information content (AvgIpc) is 3.41. The number of carbonyl (C=O) groups excluding carboxylic acids is 2. The Kier molecular flexibility index (Phi) is 7.72. The van der Waals surface area contributed by atoms with Crippen LogP contribution in [0.3, 0.4) is 0 Å². The van der Waals surface area contributed by atoms with Gasteiger partial charge in [0.25, 0.3) is 11.8 Å². The summed E-state index contributed by atoms with van der Waals surface area (Å²) in [6.07, 6.45) is 3.77. The van der Waals surface area contributed by atoms with Crippen molar-refractivity contribution in [3.05, 3.63) is 101 Å². The lowest BCUT2D eigenvalue weighted by Crippen LogP contribution is -2.39. The second kappa shape index (κ2) is 11.6. The van der Waals surface area contributed by atoms with Crippen LogP contribution in [0.2, 0.25) is 5.28 Å². The van der Waals surface area contributed by atoms with Gasteiger partial charge >= 0.3 is 6.18 Å². The minimum absolute atomic E-state index is 0.0112. The van der Waals surface area contributed by atoms with E-state index in [2.05, 4.69) is 25.3 Å². The molecular formula is C30H24ClF3N8O2. The highest BCUT2D eigenvalue weighted by molar-refractivity contribution is 6.28. The van der Waals surface area contributed by atoms with Crippen molar-refractivity contribution >= 4 is 34.7 Å². The highest BCUT2D eigenvalue weighted by Gasteiger charge is 2.34. The van der Waals surface area contributed by atoms with E-state index >= 15 is 0 Å². The van der Waals surface area contributed by atoms with E-state index in [1.165, 1.54) is 12.3 Å². The number of amides is 2. The van der Waals surface area contributed by atoms with Gasteiger partial charge < -0.3 is 10.2 Å². The molecule has 1 fully saturated rings. The molecule has 0 radical (unpaired) electrons. The minimum atomic E-state index is -4.56. The monoisotopic (exact) mass is 620 g/mol. The number of aromatic nitrogens is 6. The summed E-state index contributed by atoms with van der Waals surface area (Å²) in [5, 5.41) is 2.40. The zero-order valence-electron chi connectivity index (χ0n) is 23.2. The molecule has 6 rings (SSSR count). The molecule has 2 amide bonds. The summed E-state index contributed by atoms with van der Waals surface area (Å²) in [6.45, 7) is 2.38.